The molecule has 0 unspecified atom stereocenters. The Morgan fingerprint density at radius 3 is 2.52 bits per heavy atom. The topological polar surface area (TPSA) is 97.7 Å². The van der Waals surface area contributed by atoms with Gasteiger partial charge in [-0.1, -0.05) is 13.8 Å². The maximum Gasteiger partial charge on any atom is 0.306 e. The van der Waals surface area contributed by atoms with Crippen molar-refractivity contribution in [3.8, 4) is 0 Å². The van der Waals surface area contributed by atoms with E-state index in [1.54, 1.807) is 13.0 Å². The predicted octanol–water partition coefficient (Wildman–Crippen LogP) is 4.11. The van der Waals surface area contributed by atoms with E-state index in [1.807, 2.05) is 0 Å². The molecule has 31 heavy (non-hydrogen) atoms. The van der Waals surface area contributed by atoms with Gasteiger partial charge in [-0.3, -0.25) is 19.2 Å². The summed E-state index contributed by atoms with van der Waals surface area (Å²) in [4.78, 5) is 47.9. The number of Topliss-reactive ketones (excluding diaryl/α,β-unsaturated/α-hetero) is 1. The van der Waals surface area contributed by atoms with Crippen LogP contribution in [0.4, 0.5) is 0 Å². The van der Waals surface area contributed by atoms with Crippen LogP contribution in [0.1, 0.15) is 78.6 Å². The summed E-state index contributed by atoms with van der Waals surface area (Å²) in [6, 6.07) is 0. The second-order valence-electron chi connectivity index (χ2n) is 10.8. The van der Waals surface area contributed by atoms with Crippen LogP contribution >= 0.6 is 0 Å². The number of ether oxygens (including phenoxy) is 1. The van der Waals surface area contributed by atoms with E-state index < -0.39 is 18.0 Å². The van der Waals surface area contributed by atoms with Crippen molar-refractivity contribution in [2.75, 3.05) is 0 Å². The van der Waals surface area contributed by atoms with Crippen LogP contribution in [0.3, 0.4) is 0 Å². The molecule has 4 aliphatic rings. The van der Waals surface area contributed by atoms with Crippen LogP contribution in [0.25, 0.3) is 0 Å². The minimum Gasteiger partial charge on any atom is -0.481 e. The van der Waals surface area contributed by atoms with Crippen molar-refractivity contribution in [3.63, 3.8) is 0 Å². The van der Waals surface area contributed by atoms with Gasteiger partial charge in [0.1, 0.15) is 11.9 Å². The fourth-order valence-electron chi connectivity index (χ4n) is 7.79. The maximum atomic E-state index is 12.4. The fraction of sp³-hybridized carbons (Fsp3) is 0.760. The number of carboxylic acids is 1. The Bertz CT molecular complexity index is 843. The lowest BCUT2D eigenvalue weighted by molar-refractivity contribution is -0.157. The van der Waals surface area contributed by atoms with E-state index in [0.29, 0.717) is 30.6 Å². The molecule has 0 aromatic rings. The molecule has 0 amide bonds. The van der Waals surface area contributed by atoms with Crippen LogP contribution in [0.15, 0.2) is 11.6 Å². The lowest BCUT2D eigenvalue weighted by Crippen LogP contribution is -2.54. The highest BCUT2D eigenvalue weighted by Gasteiger charge is 2.61. The second-order valence-corrected chi connectivity index (χ2v) is 10.8. The summed E-state index contributed by atoms with van der Waals surface area (Å²) in [6.45, 7) is 6.21. The van der Waals surface area contributed by atoms with Gasteiger partial charge in [-0.25, -0.2) is 0 Å². The van der Waals surface area contributed by atoms with Crippen LogP contribution in [-0.4, -0.2) is 34.7 Å². The molecule has 170 valence electrons. The van der Waals surface area contributed by atoms with Gasteiger partial charge in [-0.05, 0) is 85.7 Å². The van der Waals surface area contributed by atoms with E-state index in [-0.39, 0.29) is 41.2 Å². The number of carbonyl (C=O) groups excluding carboxylic acids is 3. The summed E-state index contributed by atoms with van der Waals surface area (Å²) >= 11 is 0. The fourth-order valence-corrected chi connectivity index (χ4v) is 7.79. The first-order chi connectivity index (χ1) is 14.6. The van der Waals surface area contributed by atoms with Crippen LogP contribution in [0, 0.1) is 34.5 Å². The summed E-state index contributed by atoms with van der Waals surface area (Å²) in [6.07, 6.45) is 6.78. The molecular formula is C25H34O6. The third kappa shape index (κ3) is 3.66. The summed E-state index contributed by atoms with van der Waals surface area (Å²) in [5, 5.41) is 8.90. The minimum absolute atomic E-state index is 0.00701. The third-order valence-corrected chi connectivity index (χ3v) is 9.26. The van der Waals surface area contributed by atoms with Gasteiger partial charge >= 0.3 is 11.9 Å². The predicted molar refractivity (Wildman–Crippen MR) is 113 cm³/mol. The number of carbonyl (C=O) groups is 4. The summed E-state index contributed by atoms with van der Waals surface area (Å²) < 4.78 is 5.84. The molecule has 3 saturated carbocycles. The highest BCUT2D eigenvalue weighted by molar-refractivity contribution is 5.92. The minimum atomic E-state index is -1.03. The molecule has 0 aromatic heterocycles. The number of hydrogen-bond acceptors (Lipinski definition) is 5. The summed E-state index contributed by atoms with van der Waals surface area (Å²) in [5.74, 6) is 0.103. The SMILES string of the molecule is CC(=O)[C@H]1CC[C@H]2[C@@H]3C[C@H](OC(=O)CCC(=O)O)C4=CC(=O)CC[C@]4(C)[C@H]3CC[C@]12C. The first-order valence-electron chi connectivity index (χ1n) is 11.7. The van der Waals surface area contributed by atoms with Crippen molar-refractivity contribution in [2.45, 2.75) is 84.7 Å². The Balaban J connectivity index is 1.65. The van der Waals surface area contributed by atoms with Crippen LogP contribution in [0.5, 0.6) is 0 Å². The molecule has 0 saturated heterocycles. The molecule has 0 aliphatic heterocycles. The van der Waals surface area contributed by atoms with E-state index in [2.05, 4.69) is 13.8 Å². The number of fused-ring (bicyclic) bond motifs is 5. The Hall–Kier alpha value is -1.98. The smallest absolute Gasteiger partial charge is 0.306 e. The van der Waals surface area contributed by atoms with Gasteiger partial charge in [0, 0.05) is 12.3 Å². The number of esters is 1. The number of ketones is 2. The van der Waals surface area contributed by atoms with E-state index in [0.717, 1.165) is 37.7 Å². The van der Waals surface area contributed by atoms with Crippen molar-refractivity contribution in [1.82, 2.24) is 0 Å². The zero-order valence-electron chi connectivity index (χ0n) is 18.8. The number of aliphatic carboxylic acids is 1. The highest BCUT2D eigenvalue weighted by Crippen LogP contribution is 2.67. The molecule has 0 radical (unpaired) electrons. The first-order valence-corrected chi connectivity index (χ1v) is 11.7. The largest absolute Gasteiger partial charge is 0.481 e. The van der Waals surface area contributed by atoms with Gasteiger partial charge in [0.05, 0.1) is 12.8 Å². The molecule has 4 aliphatic carbocycles. The van der Waals surface area contributed by atoms with Crippen molar-refractivity contribution in [2.24, 2.45) is 34.5 Å². The Morgan fingerprint density at radius 2 is 1.84 bits per heavy atom. The van der Waals surface area contributed by atoms with Gasteiger partial charge in [0.25, 0.3) is 0 Å². The van der Waals surface area contributed by atoms with Crippen molar-refractivity contribution >= 4 is 23.5 Å². The molecule has 0 spiro atoms. The van der Waals surface area contributed by atoms with Crippen molar-refractivity contribution < 1.29 is 29.0 Å². The van der Waals surface area contributed by atoms with Gasteiger partial charge in [0.2, 0.25) is 0 Å². The maximum absolute atomic E-state index is 12.4. The normalized spacial score (nSPS) is 41.5. The summed E-state index contributed by atoms with van der Waals surface area (Å²) in [7, 11) is 0. The molecule has 0 heterocycles. The molecule has 3 fully saturated rings. The lowest BCUT2D eigenvalue weighted by Gasteiger charge is -2.59. The van der Waals surface area contributed by atoms with E-state index in [1.165, 1.54) is 0 Å². The molecular weight excluding hydrogens is 396 g/mol. The zero-order chi connectivity index (χ0) is 22.6. The van der Waals surface area contributed by atoms with E-state index >= 15 is 0 Å². The quantitative estimate of drug-likeness (QED) is 0.659. The Morgan fingerprint density at radius 1 is 1.10 bits per heavy atom. The molecule has 0 aromatic carbocycles. The standard InChI is InChI=1S/C25H34O6/c1-14(26)17-4-5-18-16-13-21(31-23(30)7-6-22(28)29)20-12-15(27)8-10-25(20,3)19(16)9-11-24(17,18)2/h12,16-19,21H,4-11,13H2,1-3H3,(H,28,29)/t16-,17+,18-,19-,21-,24+,25+/m0/s1. The average molecular weight is 431 g/mol. The average Bonchev–Trinajstić information content (AvgIpc) is 3.05. The third-order valence-electron chi connectivity index (χ3n) is 9.26. The van der Waals surface area contributed by atoms with Gasteiger partial charge in [-0.15, -0.1) is 0 Å². The molecule has 4 rings (SSSR count). The van der Waals surface area contributed by atoms with E-state index in [4.69, 9.17) is 9.84 Å². The Kier molecular flexibility index (Phi) is 5.63. The lowest BCUT2D eigenvalue weighted by atomic mass is 9.46. The van der Waals surface area contributed by atoms with Crippen LogP contribution < -0.4 is 0 Å². The van der Waals surface area contributed by atoms with E-state index in [9.17, 15) is 19.2 Å². The van der Waals surface area contributed by atoms with Gasteiger partial charge < -0.3 is 9.84 Å². The first kappa shape index (κ1) is 22.2. The Labute approximate surface area is 183 Å². The zero-order valence-corrected chi connectivity index (χ0v) is 18.8. The van der Waals surface area contributed by atoms with Crippen molar-refractivity contribution in [1.29, 1.82) is 0 Å². The molecule has 7 atom stereocenters. The van der Waals surface area contributed by atoms with Crippen LogP contribution in [0.2, 0.25) is 0 Å². The second kappa shape index (κ2) is 7.86. The molecule has 6 nitrogen and oxygen atoms in total. The summed E-state index contributed by atoms with van der Waals surface area (Å²) in [5.41, 5.74) is 0.732. The van der Waals surface area contributed by atoms with Crippen molar-refractivity contribution in [3.05, 3.63) is 11.6 Å². The monoisotopic (exact) mass is 430 g/mol. The number of rotatable bonds is 5. The molecule has 0 bridgehead atoms. The van der Waals surface area contributed by atoms with Gasteiger partial charge in [-0.2, -0.15) is 0 Å². The highest BCUT2D eigenvalue weighted by atomic mass is 16.5. The van der Waals surface area contributed by atoms with Gasteiger partial charge in [0.15, 0.2) is 5.78 Å². The molecule has 1 N–H and O–H groups in total. The number of carboxylic acid groups (broad SMARTS) is 1. The van der Waals surface area contributed by atoms with Crippen LogP contribution in [-0.2, 0) is 23.9 Å². The molecule has 6 heteroatoms. The number of hydrogen-bond donors (Lipinski definition) is 1.